The van der Waals surface area contributed by atoms with Gasteiger partial charge >= 0.3 is 0 Å². The number of ether oxygens (including phenoxy) is 1. The van der Waals surface area contributed by atoms with E-state index in [9.17, 15) is 0 Å². The van der Waals surface area contributed by atoms with Crippen LogP contribution >= 0.6 is 0 Å². The van der Waals surface area contributed by atoms with Crippen molar-refractivity contribution in [2.24, 2.45) is 5.92 Å². The summed E-state index contributed by atoms with van der Waals surface area (Å²) in [5.74, 6) is 1.56. The van der Waals surface area contributed by atoms with Gasteiger partial charge in [-0.25, -0.2) is 4.98 Å². The Balaban J connectivity index is 2.01. The van der Waals surface area contributed by atoms with Crippen molar-refractivity contribution < 1.29 is 4.74 Å². The molecule has 3 nitrogen and oxygen atoms in total. The van der Waals surface area contributed by atoms with Gasteiger partial charge in [0.15, 0.2) is 0 Å². The molecule has 0 spiro atoms. The molecule has 2 rings (SSSR count). The molecule has 0 aliphatic carbocycles. The van der Waals surface area contributed by atoms with Gasteiger partial charge in [-0.2, -0.15) is 0 Å². The largest absolute Gasteiger partial charge is 0.481 e. The minimum atomic E-state index is 0.745. The summed E-state index contributed by atoms with van der Waals surface area (Å²) in [6, 6.07) is 2.20. The standard InChI is InChI=1S/C13H20N2O/c1-10-7-12(9-15-13(10)16-2)8-11-3-5-14-6-4-11/h7,9,11,14H,3-6,8H2,1-2H3. The molecule has 0 bridgehead atoms. The maximum atomic E-state index is 5.17. The lowest BCUT2D eigenvalue weighted by Gasteiger charge is -2.22. The van der Waals surface area contributed by atoms with Gasteiger partial charge in [0.05, 0.1) is 7.11 Å². The monoisotopic (exact) mass is 220 g/mol. The van der Waals surface area contributed by atoms with Crippen LogP contribution in [0.1, 0.15) is 24.0 Å². The molecule has 0 aromatic carbocycles. The molecule has 1 aliphatic heterocycles. The summed E-state index contributed by atoms with van der Waals surface area (Å²) in [4.78, 5) is 4.32. The number of rotatable bonds is 3. The fraction of sp³-hybridized carbons (Fsp3) is 0.615. The Morgan fingerprint density at radius 2 is 2.19 bits per heavy atom. The Kier molecular flexibility index (Phi) is 3.78. The van der Waals surface area contributed by atoms with Gasteiger partial charge in [0, 0.05) is 11.8 Å². The third-order valence-corrected chi connectivity index (χ3v) is 3.26. The van der Waals surface area contributed by atoms with E-state index in [4.69, 9.17) is 4.74 Å². The van der Waals surface area contributed by atoms with Gasteiger partial charge in [0.1, 0.15) is 0 Å². The second-order valence-electron chi connectivity index (χ2n) is 4.57. The third kappa shape index (κ3) is 2.73. The summed E-state index contributed by atoms with van der Waals surface area (Å²) < 4.78 is 5.17. The first-order chi connectivity index (χ1) is 7.79. The van der Waals surface area contributed by atoms with Crippen LogP contribution in [0.2, 0.25) is 0 Å². The first-order valence-electron chi connectivity index (χ1n) is 6.00. The molecule has 1 aromatic heterocycles. The van der Waals surface area contributed by atoms with Crippen LogP contribution < -0.4 is 10.1 Å². The Labute approximate surface area is 97.2 Å². The maximum Gasteiger partial charge on any atom is 0.215 e. The van der Waals surface area contributed by atoms with Gasteiger partial charge in [0.25, 0.3) is 0 Å². The lowest BCUT2D eigenvalue weighted by molar-refractivity contribution is 0.370. The number of nitrogens with one attached hydrogen (secondary N) is 1. The molecule has 0 amide bonds. The topological polar surface area (TPSA) is 34.1 Å². The molecule has 88 valence electrons. The maximum absolute atomic E-state index is 5.17. The van der Waals surface area contributed by atoms with Gasteiger partial charge in [-0.1, -0.05) is 0 Å². The first-order valence-corrected chi connectivity index (χ1v) is 6.00. The highest BCUT2D eigenvalue weighted by Crippen LogP contribution is 2.21. The van der Waals surface area contributed by atoms with Crippen LogP contribution in [0.5, 0.6) is 5.88 Å². The molecule has 0 saturated carbocycles. The molecule has 1 fully saturated rings. The van der Waals surface area contributed by atoms with E-state index in [1.807, 2.05) is 6.20 Å². The van der Waals surface area contributed by atoms with Crippen LogP contribution in [-0.2, 0) is 6.42 Å². The van der Waals surface area contributed by atoms with Crippen molar-refractivity contribution in [2.75, 3.05) is 20.2 Å². The predicted octanol–water partition coefficient (Wildman–Crippen LogP) is 1.94. The van der Waals surface area contributed by atoms with Crippen LogP contribution in [-0.4, -0.2) is 25.2 Å². The summed E-state index contributed by atoms with van der Waals surface area (Å²) in [5, 5.41) is 3.39. The lowest BCUT2D eigenvalue weighted by atomic mass is 9.91. The van der Waals surface area contributed by atoms with Gasteiger partial charge in [0.2, 0.25) is 5.88 Å². The lowest BCUT2D eigenvalue weighted by Crippen LogP contribution is -2.28. The second kappa shape index (κ2) is 5.30. The van der Waals surface area contributed by atoms with E-state index >= 15 is 0 Å². The molecule has 1 N–H and O–H groups in total. The minimum Gasteiger partial charge on any atom is -0.481 e. The highest BCUT2D eigenvalue weighted by Gasteiger charge is 2.14. The summed E-state index contributed by atoms with van der Waals surface area (Å²) in [5.41, 5.74) is 2.47. The van der Waals surface area contributed by atoms with Crippen molar-refractivity contribution in [2.45, 2.75) is 26.2 Å². The predicted molar refractivity (Wildman–Crippen MR) is 64.8 cm³/mol. The number of hydrogen-bond donors (Lipinski definition) is 1. The highest BCUT2D eigenvalue weighted by molar-refractivity contribution is 5.28. The summed E-state index contributed by atoms with van der Waals surface area (Å²) in [6.45, 7) is 4.37. The smallest absolute Gasteiger partial charge is 0.215 e. The number of pyridine rings is 1. The van der Waals surface area contributed by atoms with E-state index in [2.05, 4.69) is 23.3 Å². The van der Waals surface area contributed by atoms with E-state index < -0.39 is 0 Å². The van der Waals surface area contributed by atoms with Crippen LogP contribution in [0.25, 0.3) is 0 Å². The van der Waals surface area contributed by atoms with E-state index in [-0.39, 0.29) is 0 Å². The minimum absolute atomic E-state index is 0.745. The van der Waals surface area contributed by atoms with Gasteiger partial charge in [-0.3, -0.25) is 0 Å². The molecule has 0 radical (unpaired) electrons. The van der Waals surface area contributed by atoms with E-state index in [1.165, 1.54) is 18.4 Å². The average Bonchev–Trinajstić information content (AvgIpc) is 2.31. The molecular weight excluding hydrogens is 200 g/mol. The van der Waals surface area contributed by atoms with Crippen molar-refractivity contribution in [1.29, 1.82) is 0 Å². The van der Waals surface area contributed by atoms with E-state index in [0.29, 0.717) is 0 Å². The van der Waals surface area contributed by atoms with Crippen molar-refractivity contribution >= 4 is 0 Å². The number of hydrogen-bond acceptors (Lipinski definition) is 3. The Bertz CT molecular complexity index is 346. The van der Waals surface area contributed by atoms with Crippen molar-refractivity contribution in [3.05, 3.63) is 23.4 Å². The molecule has 2 heterocycles. The molecule has 1 aliphatic rings. The Morgan fingerprint density at radius 3 is 2.81 bits per heavy atom. The fourth-order valence-electron chi connectivity index (χ4n) is 2.36. The fourth-order valence-corrected chi connectivity index (χ4v) is 2.36. The van der Waals surface area contributed by atoms with Crippen LogP contribution in [0.3, 0.4) is 0 Å². The van der Waals surface area contributed by atoms with Crippen molar-refractivity contribution in [1.82, 2.24) is 10.3 Å². The zero-order valence-electron chi connectivity index (χ0n) is 10.1. The number of nitrogens with zero attached hydrogens (tertiary/aromatic N) is 1. The Hall–Kier alpha value is -1.09. The SMILES string of the molecule is COc1ncc(CC2CCNCC2)cc1C. The average molecular weight is 220 g/mol. The summed E-state index contributed by atoms with van der Waals surface area (Å²) in [7, 11) is 1.67. The van der Waals surface area contributed by atoms with Gasteiger partial charge in [-0.05, 0) is 56.8 Å². The van der Waals surface area contributed by atoms with Crippen LogP contribution in [0.15, 0.2) is 12.3 Å². The third-order valence-electron chi connectivity index (χ3n) is 3.26. The van der Waals surface area contributed by atoms with Gasteiger partial charge < -0.3 is 10.1 Å². The first kappa shape index (κ1) is 11.4. The van der Waals surface area contributed by atoms with Crippen LogP contribution in [0.4, 0.5) is 0 Å². The zero-order chi connectivity index (χ0) is 11.4. The number of aromatic nitrogens is 1. The molecule has 1 saturated heterocycles. The van der Waals surface area contributed by atoms with E-state index in [1.54, 1.807) is 7.11 Å². The molecule has 0 unspecified atom stereocenters. The normalized spacial score (nSPS) is 17.4. The van der Waals surface area contributed by atoms with Gasteiger partial charge in [-0.15, -0.1) is 0 Å². The number of aryl methyl sites for hydroxylation is 1. The van der Waals surface area contributed by atoms with Crippen LogP contribution in [0, 0.1) is 12.8 Å². The number of piperidine rings is 1. The summed E-state index contributed by atoms with van der Waals surface area (Å²) in [6.07, 6.45) is 5.67. The van der Waals surface area contributed by atoms with Crippen molar-refractivity contribution in [3.8, 4) is 5.88 Å². The molecular formula is C13H20N2O. The highest BCUT2D eigenvalue weighted by atomic mass is 16.5. The number of methoxy groups -OCH3 is 1. The van der Waals surface area contributed by atoms with E-state index in [0.717, 1.165) is 36.9 Å². The second-order valence-corrected chi connectivity index (χ2v) is 4.57. The molecule has 1 aromatic rings. The molecule has 16 heavy (non-hydrogen) atoms. The molecule has 0 atom stereocenters. The zero-order valence-corrected chi connectivity index (χ0v) is 10.1. The van der Waals surface area contributed by atoms with Crippen molar-refractivity contribution in [3.63, 3.8) is 0 Å². The Morgan fingerprint density at radius 1 is 1.44 bits per heavy atom. The molecule has 3 heteroatoms. The quantitative estimate of drug-likeness (QED) is 0.845. The summed E-state index contributed by atoms with van der Waals surface area (Å²) >= 11 is 0.